The van der Waals surface area contributed by atoms with Gasteiger partial charge in [0.2, 0.25) is 5.60 Å². The quantitative estimate of drug-likeness (QED) is 0.181. The van der Waals surface area contributed by atoms with E-state index in [1.54, 1.807) is 0 Å². The number of alkyl halides is 6. The lowest BCUT2D eigenvalue weighted by Crippen LogP contribution is -2.55. The number of benzene rings is 1. The molecule has 0 radical (unpaired) electrons. The normalized spacial score (nSPS) is 16.4. The number of carbonyl (C=O) groups excluding carboxylic acids is 1. The highest BCUT2D eigenvalue weighted by Gasteiger charge is 2.57. The summed E-state index contributed by atoms with van der Waals surface area (Å²) in [7, 11) is 0. The number of nitrogens with one attached hydrogen (secondary N) is 1. The zero-order valence-electron chi connectivity index (χ0n) is 19.9. The molecule has 15 heteroatoms. The molecule has 0 spiro atoms. The van der Waals surface area contributed by atoms with Crippen molar-refractivity contribution in [2.75, 3.05) is 26.4 Å². The van der Waals surface area contributed by atoms with Crippen molar-refractivity contribution < 1.29 is 50.8 Å². The summed E-state index contributed by atoms with van der Waals surface area (Å²) in [6, 6.07) is 2.58. The molecule has 1 atom stereocenters. The van der Waals surface area contributed by atoms with E-state index in [1.807, 2.05) is 5.32 Å². The van der Waals surface area contributed by atoms with Crippen molar-refractivity contribution in [1.29, 1.82) is 0 Å². The van der Waals surface area contributed by atoms with Gasteiger partial charge in [-0.05, 0) is 38.1 Å². The molecule has 3 rings (SSSR count). The molecule has 2 aromatic rings. The minimum absolute atomic E-state index is 0.111. The molecule has 3 N–H and O–H groups in total. The molecular weight excluding hydrogens is 544 g/mol. The number of fused-ring (bicyclic) bond motifs is 1. The first kappa shape index (κ1) is 29.8. The van der Waals surface area contributed by atoms with Crippen molar-refractivity contribution in [2.24, 2.45) is 4.99 Å². The van der Waals surface area contributed by atoms with Gasteiger partial charge in [0.15, 0.2) is 0 Å². The third kappa shape index (κ3) is 7.21. The molecule has 1 heterocycles. The molecule has 1 fully saturated rings. The van der Waals surface area contributed by atoms with E-state index in [2.05, 4.69) is 21.4 Å². The average molecular weight is 570 g/mol. The maximum atomic E-state index is 14.2. The van der Waals surface area contributed by atoms with E-state index < -0.39 is 55.7 Å². The molecule has 0 aliphatic heterocycles. The van der Waals surface area contributed by atoms with Crippen LogP contribution >= 0.6 is 11.3 Å². The van der Waals surface area contributed by atoms with Crippen LogP contribution in [0.4, 0.5) is 26.3 Å². The molecule has 1 aromatic heterocycles. The van der Waals surface area contributed by atoms with Gasteiger partial charge in [-0.2, -0.15) is 22.0 Å². The first-order chi connectivity index (χ1) is 17.8. The molecule has 0 bridgehead atoms. The van der Waals surface area contributed by atoms with Gasteiger partial charge < -0.3 is 25.0 Å². The highest BCUT2D eigenvalue weighted by atomic mass is 32.1. The van der Waals surface area contributed by atoms with Crippen molar-refractivity contribution in [3.05, 3.63) is 34.5 Å². The average Bonchev–Trinajstić information content (AvgIpc) is 3.57. The highest BCUT2D eigenvalue weighted by molar-refractivity contribution is 7.18. The van der Waals surface area contributed by atoms with Gasteiger partial charge in [-0.3, -0.25) is 14.2 Å². The molecule has 38 heavy (non-hydrogen) atoms. The van der Waals surface area contributed by atoms with Crippen molar-refractivity contribution in [3.8, 4) is 5.75 Å². The lowest BCUT2D eigenvalue weighted by Gasteiger charge is -2.31. The van der Waals surface area contributed by atoms with Crippen LogP contribution in [-0.4, -0.2) is 78.1 Å². The summed E-state index contributed by atoms with van der Waals surface area (Å²) < 4.78 is 92.9. The number of rotatable bonds is 14. The third-order valence-corrected chi connectivity index (χ3v) is 6.34. The maximum absolute atomic E-state index is 14.2. The Labute approximate surface area is 217 Å². The van der Waals surface area contributed by atoms with Crippen LogP contribution in [0.1, 0.15) is 34.6 Å². The molecule has 1 saturated carbocycles. The summed E-state index contributed by atoms with van der Waals surface area (Å²) in [6.45, 7) is -1.71. The van der Waals surface area contributed by atoms with Gasteiger partial charge in [0, 0.05) is 18.2 Å². The second-order valence-corrected chi connectivity index (χ2v) is 9.60. The molecule has 210 valence electrons. The van der Waals surface area contributed by atoms with Crippen molar-refractivity contribution in [1.82, 2.24) is 10.3 Å². The number of carbonyl (C=O) groups is 1. The van der Waals surface area contributed by atoms with Gasteiger partial charge in [0.1, 0.15) is 22.9 Å². The van der Waals surface area contributed by atoms with Crippen LogP contribution in [0.3, 0.4) is 0 Å². The molecule has 1 unspecified atom stereocenters. The minimum Gasteiger partial charge on any atom is -0.488 e. The number of thiazole rings is 1. The first-order valence-corrected chi connectivity index (χ1v) is 12.1. The number of hydrogen-bond acceptors (Lipinski definition) is 8. The van der Waals surface area contributed by atoms with Crippen molar-refractivity contribution in [2.45, 2.75) is 49.7 Å². The Morgan fingerprint density at radius 1 is 1.29 bits per heavy atom. The fourth-order valence-corrected chi connectivity index (χ4v) is 4.13. The summed E-state index contributed by atoms with van der Waals surface area (Å²) in [6.07, 6.45) is -4.56. The predicted molar refractivity (Wildman–Crippen MR) is 127 cm³/mol. The summed E-state index contributed by atoms with van der Waals surface area (Å²) >= 11 is 1.04. The number of aliphatic hydroxyl groups excluding tert-OH is 1. The van der Waals surface area contributed by atoms with E-state index in [1.165, 1.54) is 12.1 Å². The number of ether oxygens (including phenoxy) is 2. The lowest BCUT2D eigenvalue weighted by atomic mass is 9.97. The molecule has 1 aromatic carbocycles. The Kier molecular flexibility index (Phi) is 9.39. The highest BCUT2D eigenvalue weighted by Crippen LogP contribution is 2.39. The Bertz CT molecular complexity index is 1180. The van der Waals surface area contributed by atoms with Crippen LogP contribution in [0.2, 0.25) is 0 Å². The predicted octanol–water partition coefficient (Wildman–Crippen LogP) is 3.95. The fraction of sp³-hybridized carbons (Fsp3) is 0.522. The van der Waals surface area contributed by atoms with Crippen LogP contribution in [0.5, 0.6) is 5.75 Å². The molecule has 1 aliphatic carbocycles. The van der Waals surface area contributed by atoms with Crippen LogP contribution in [0.25, 0.3) is 10.2 Å². The van der Waals surface area contributed by atoms with E-state index >= 15 is 0 Å². The summed E-state index contributed by atoms with van der Waals surface area (Å²) in [5.41, 5.74) is -5.35. The summed E-state index contributed by atoms with van der Waals surface area (Å²) in [4.78, 5) is 20.0. The largest absolute Gasteiger partial charge is 0.488 e. The smallest absolute Gasteiger partial charge is 0.424 e. The Morgan fingerprint density at radius 2 is 2.00 bits per heavy atom. The monoisotopic (exact) mass is 569 g/mol. The Balaban J connectivity index is 1.85. The summed E-state index contributed by atoms with van der Waals surface area (Å²) in [5.74, 6) is -4.90. The topological polar surface area (TPSA) is 113 Å². The molecular formula is C23H25F6N3O5S. The van der Waals surface area contributed by atoms with Gasteiger partial charge in [-0.1, -0.05) is 0 Å². The lowest BCUT2D eigenvalue weighted by molar-refractivity contribution is -0.242. The summed E-state index contributed by atoms with van der Waals surface area (Å²) in [5, 5.41) is 22.1. The fourth-order valence-electron chi connectivity index (χ4n) is 3.25. The standard InChI is InChI=1S/C23H25F6N3O5S/c1-30-17(9-21(25,26)12-36-6-2-5-24)22(35,23(27,28)29)11-31-20(34)13-7-15(37-14-3-4-14)19-16(8-13)38-18(10-33)32-19/h7-9,14,33,35H,1-6,10-12H2,(H,31,34)/b17-9-. The van der Waals surface area contributed by atoms with Gasteiger partial charge in [0.05, 0.1) is 36.3 Å². The van der Waals surface area contributed by atoms with Crippen LogP contribution in [0, 0.1) is 0 Å². The molecule has 8 nitrogen and oxygen atoms in total. The number of amides is 1. The minimum atomic E-state index is -5.55. The number of hydrogen-bond donors (Lipinski definition) is 3. The van der Waals surface area contributed by atoms with E-state index in [0.717, 1.165) is 24.2 Å². The second-order valence-electron chi connectivity index (χ2n) is 8.49. The zero-order valence-corrected chi connectivity index (χ0v) is 20.7. The molecule has 0 saturated heterocycles. The molecule has 1 aliphatic rings. The number of halogens is 6. The van der Waals surface area contributed by atoms with Crippen molar-refractivity contribution >= 4 is 34.2 Å². The van der Waals surface area contributed by atoms with Crippen LogP contribution in [0.15, 0.2) is 28.9 Å². The van der Waals surface area contributed by atoms with E-state index in [-0.39, 0.29) is 36.5 Å². The number of aliphatic hydroxyl groups is 2. The maximum Gasteiger partial charge on any atom is 0.424 e. The number of aromatic nitrogens is 1. The van der Waals surface area contributed by atoms with Gasteiger partial charge in [-0.25, -0.2) is 4.98 Å². The van der Waals surface area contributed by atoms with Gasteiger partial charge >= 0.3 is 6.18 Å². The Hall–Kier alpha value is -2.75. The van der Waals surface area contributed by atoms with Crippen molar-refractivity contribution in [3.63, 3.8) is 0 Å². The van der Waals surface area contributed by atoms with E-state index in [9.17, 15) is 41.4 Å². The third-order valence-electron chi connectivity index (χ3n) is 5.35. The second kappa shape index (κ2) is 12.0. The van der Waals surface area contributed by atoms with E-state index in [4.69, 9.17) is 4.74 Å². The van der Waals surface area contributed by atoms with Gasteiger partial charge in [0.25, 0.3) is 11.8 Å². The van der Waals surface area contributed by atoms with Crippen LogP contribution in [-0.2, 0) is 11.3 Å². The Morgan fingerprint density at radius 3 is 2.58 bits per heavy atom. The van der Waals surface area contributed by atoms with Crippen LogP contribution < -0.4 is 10.1 Å². The van der Waals surface area contributed by atoms with E-state index in [0.29, 0.717) is 15.2 Å². The number of nitrogens with zero attached hydrogens (tertiary/aromatic N) is 2. The SMILES string of the molecule is C=N/C(=C\C(F)(F)COCCCF)C(O)(CNC(=O)c1cc(OC2CC2)c2nc(CO)sc2c1)C(F)(F)F. The number of aliphatic imine (C=N–C) groups is 1. The first-order valence-electron chi connectivity index (χ1n) is 11.3. The zero-order chi connectivity index (χ0) is 28.1. The molecule has 1 amide bonds. The van der Waals surface area contributed by atoms with Gasteiger partial charge in [-0.15, -0.1) is 11.3 Å².